The lowest BCUT2D eigenvalue weighted by Gasteiger charge is -2.27. The van der Waals surface area contributed by atoms with E-state index in [1.54, 1.807) is 7.11 Å². The summed E-state index contributed by atoms with van der Waals surface area (Å²) in [6.07, 6.45) is 2.86. The van der Waals surface area contributed by atoms with Gasteiger partial charge in [-0.05, 0) is 56.8 Å². The van der Waals surface area contributed by atoms with Crippen molar-refractivity contribution < 1.29 is 9.53 Å². The van der Waals surface area contributed by atoms with E-state index >= 15 is 0 Å². The molecule has 1 aromatic carbocycles. The fourth-order valence-corrected chi connectivity index (χ4v) is 4.25. The Morgan fingerprint density at radius 3 is 2.85 bits per heavy atom. The van der Waals surface area contributed by atoms with E-state index in [9.17, 15) is 4.79 Å². The third-order valence-electron chi connectivity index (χ3n) is 5.08. The molecule has 0 radical (unpaired) electrons. The highest BCUT2D eigenvalue weighted by atomic mass is 35.5. The number of hydrogen-bond donors (Lipinski definition) is 2. The van der Waals surface area contributed by atoms with E-state index in [-0.39, 0.29) is 18.3 Å². The molecule has 1 saturated heterocycles. The monoisotopic (exact) mass is 409 g/mol. The van der Waals surface area contributed by atoms with Crippen LogP contribution in [0.3, 0.4) is 0 Å². The Kier molecular flexibility index (Phi) is 8.07. The molecule has 5 nitrogen and oxygen atoms in total. The Labute approximate surface area is 171 Å². The van der Waals surface area contributed by atoms with Crippen molar-refractivity contribution in [2.45, 2.75) is 33.1 Å². The SMILES string of the molecule is COc1ccc(C)cc1-c1csc(NC(=O)CC(C)C2CCNCC2)n1.Cl. The van der Waals surface area contributed by atoms with Crippen molar-refractivity contribution in [3.63, 3.8) is 0 Å². The van der Waals surface area contributed by atoms with Gasteiger partial charge in [0, 0.05) is 17.4 Å². The number of rotatable bonds is 6. The molecule has 2 heterocycles. The summed E-state index contributed by atoms with van der Waals surface area (Å²) in [4.78, 5) is 17.0. The summed E-state index contributed by atoms with van der Waals surface area (Å²) >= 11 is 1.45. The molecule has 148 valence electrons. The summed E-state index contributed by atoms with van der Waals surface area (Å²) in [7, 11) is 1.66. The Morgan fingerprint density at radius 2 is 2.15 bits per heavy atom. The third-order valence-corrected chi connectivity index (χ3v) is 5.84. The van der Waals surface area contributed by atoms with Crippen LogP contribution in [0.2, 0.25) is 0 Å². The molecule has 1 aliphatic heterocycles. The Bertz CT molecular complexity index is 759. The smallest absolute Gasteiger partial charge is 0.226 e. The zero-order chi connectivity index (χ0) is 18.5. The van der Waals surface area contributed by atoms with Crippen LogP contribution in [0.5, 0.6) is 5.75 Å². The van der Waals surface area contributed by atoms with E-state index in [1.807, 2.05) is 24.4 Å². The molecule has 27 heavy (non-hydrogen) atoms. The number of ether oxygens (including phenoxy) is 1. The molecule has 3 rings (SSSR count). The standard InChI is InChI=1S/C20H27N3O2S.ClH/c1-13-4-5-18(25-3)16(10-13)17-12-26-20(22-17)23-19(24)11-14(2)15-6-8-21-9-7-15;/h4-5,10,12,14-15,21H,6-9,11H2,1-3H3,(H,22,23,24);1H. The molecule has 1 aliphatic rings. The van der Waals surface area contributed by atoms with E-state index in [0.29, 0.717) is 23.4 Å². The van der Waals surface area contributed by atoms with Gasteiger partial charge in [0.1, 0.15) is 5.75 Å². The van der Waals surface area contributed by atoms with E-state index in [1.165, 1.54) is 11.3 Å². The number of carbonyl (C=O) groups is 1. The summed E-state index contributed by atoms with van der Waals surface area (Å²) in [6, 6.07) is 6.02. The summed E-state index contributed by atoms with van der Waals surface area (Å²) in [5.41, 5.74) is 2.93. The number of anilines is 1. The van der Waals surface area contributed by atoms with Crippen LogP contribution in [-0.2, 0) is 4.79 Å². The van der Waals surface area contributed by atoms with Crippen LogP contribution >= 0.6 is 23.7 Å². The predicted molar refractivity (Wildman–Crippen MR) is 114 cm³/mol. The Morgan fingerprint density at radius 1 is 1.41 bits per heavy atom. The minimum Gasteiger partial charge on any atom is -0.496 e. The molecule has 2 aromatic rings. The van der Waals surface area contributed by atoms with Gasteiger partial charge < -0.3 is 15.4 Å². The number of piperidine rings is 1. The number of hydrogen-bond acceptors (Lipinski definition) is 5. The second-order valence-electron chi connectivity index (χ2n) is 7.06. The molecule has 1 atom stereocenters. The van der Waals surface area contributed by atoms with Crippen LogP contribution < -0.4 is 15.4 Å². The van der Waals surface area contributed by atoms with Crippen LogP contribution in [-0.4, -0.2) is 31.1 Å². The van der Waals surface area contributed by atoms with Gasteiger partial charge in [0.25, 0.3) is 0 Å². The number of benzene rings is 1. The molecule has 1 aromatic heterocycles. The van der Waals surface area contributed by atoms with E-state index in [0.717, 1.165) is 48.5 Å². The number of nitrogens with zero attached hydrogens (tertiary/aromatic N) is 1. The van der Waals surface area contributed by atoms with Gasteiger partial charge in [-0.2, -0.15) is 0 Å². The van der Waals surface area contributed by atoms with Gasteiger partial charge in [-0.25, -0.2) is 4.98 Å². The third kappa shape index (κ3) is 5.67. The quantitative estimate of drug-likeness (QED) is 0.736. The van der Waals surface area contributed by atoms with Gasteiger partial charge >= 0.3 is 0 Å². The Balaban J connectivity index is 0.00000261. The zero-order valence-corrected chi connectivity index (χ0v) is 17.7. The highest BCUT2D eigenvalue weighted by Gasteiger charge is 2.22. The Hall–Kier alpha value is -1.63. The molecule has 0 spiro atoms. The molecule has 7 heteroatoms. The lowest BCUT2D eigenvalue weighted by molar-refractivity contribution is -0.117. The van der Waals surface area contributed by atoms with Crippen molar-refractivity contribution in [3.8, 4) is 17.0 Å². The van der Waals surface area contributed by atoms with Gasteiger partial charge in [-0.1, -0.05) is 18.6 Å². The highest BCUT2D eigenvalue weighted by Crippen LogP contribution is 2.33. The van der Waals surface area contributed by atoms with E-state index in [2.05, 4.69) is 28.6 Å². The zero-order valence-electron chi connectivity index (χ0n) is 16.1. The molecular weight excluding hydrogens is 382 g/mol. The van der Waals surface area contributed by atoms with Gasteiger partial charge in [0.15, 0.2) is 5.13 Å². The lowest BCUT2D eigenvalue weighted by atomic mass is 9.84. The number of carbonyl (C=O) groups excluding carboxylic acids is 1. The van der Waals surface area contributed by atoms with Crippen LogP contribution in [0.25, 0.3) is 11.3 Å². The second kappa shape index (κ2) is 10.1. The second-order valence-corrected chi connectivity index (χ2v) is 7.92. The average Bonchev–Trinajstić information content (AvgIpc) is 3.10. The largest absolute Gasteiger partial charge is 0.496 e. The number of thiazole rings is 1. The van der Waals surface area contributed by atoms with Crippen molar-refractivity contribution in [1.82, 2.24) is 10.3 Å². The van der Waals surface area contributed by atoms with Gasteiger partial charge in [0.2, 0.25) is 5.91 Å². The summed E-state index contributed by atoms with van der Waals surface area (Å²) < 4.78 is 5.44. The van der Waals surface area contributed by atoms with Gasteiger partial charge in [-0.15, -0.1) is 23.7 Å². The van der Waals surface area contributed by atoms with Crippen molar-refractivity contribution in [2.75, 3.05) is 25.5 Å². The number of aryl methyl sites for hydroxylation is 1. The molecule has 2 N–H and O–H groups in total. The lowest BCUT2D eigenvalue weighted by Crippen LogP contribution is -2.32. The van der Waals surface area contributed by atoms with Crippen molar-refractivity contribution >= 4 is 34.8 Å². The van der Waals surface area contributed by atoms with Gasteiger partial charge in [-0.3, -0.25) is 4.79 Å². The van der Waals surface area contributed by atoms with E-state index < -0.39 is 0 Å². The summed E-state index contributed by atoms with van der Waals surface area (Å²) in [5, 5.41) is 8.95. The van der Waals surface area contributed by atoms with Crippen LogP contribution in [0, 0.1) is 18.8 Å². The maximum absolute atomic E-state index is 12.4. The maximum atomic E-state index is 12.4. The first kappa shape index (κ1) is 21.7. The maximum Gasteiger partial charge on any atom is 0.226 e. The molecular formula is C20H28ClN3O2S. The molecule has 0 saturated carbocycles. The predicted octanol–water partition coefficient (Wildman–Crippen LogP) is 4.51. The fourth-order valence-electron chi connectivity index (χ4n) is 3.52. The van der Waals surface area contributed by atoms with Crippen molar-refractivity contribution in [1.29, 1.82) is 0 Å². The summed E-state index contributed by atoms with van der Waals surface area (Å²) in [5.74, 6) is 1.87. The minimum atomic E-state index is 0. The topological polar surface area (TPSA) is 63.2 Å². The fraction of sp³-hybridized carbons (Fsp3) is 0.500. The normalized spacial score (nSPS) is 15.7. The molecule has 1 amide bonds. The number of halogens is 1. The number of aromatic nitrogens is 1. The van der Waals surface area contributed by atoms with Gasteiger partial charge in [0.05, 0.1) is 12.8 Å². The average molecular weight is 410 g/mol. The van der Waals surface area contributed by atoms with Crippen molar-refractivity contribution in [3.05, 3.63) is 29.1 Å². The molecule has 0 bridgehead atoms. The molecule has 0 aliphatic carbocycles. The van der Waals surface area contributed by atoms with E-state index in [4.69, 9.17) is 4.74 Å². The van der Waals surface area contributed by atoms with Crippen LogP contribution in [0.1, 0.15) is 31.7 Å². The first-order chi connectivity index (χ1) is 12.6. The van der Waals surface area contributed by atoms with Crippen LogP contribution in [0.4, 0.5) is 5.13 Å². The number of amides is 1. The summed E-state index contributed by atoms with van der Waals surface area (Å²) in [6.45, 7) is 6.34. The first-order valence-electron chi connectivity index (χ1n) is 9.18. The first-order valence-corrected chi connectivity index (χ1v) is 10.1. The van der Waals surface area contributed by atoms with Crippen molar-refractivity contribution in [2.24, 2.45) is 11.8 Å². The minimum absolute atomic E-state index is 0. The highest BCUT2D eigenvalue weighted by molar-refractivity contribution is 7.14. The number of nitrogens with one attached hydrogen (secondary N) is 2. The van der Waals surface area contributed by atoms with Crippen LogP contribution in [0.15, 0.2) is 23.6 Å². The molecule has 1 fully saturated rings. The number of methoxy groups -OCH3 is 1. The molecule has 1 unspecified atom stereocenters.